The molecular formula is C13H17FN2O3S. The number of carbonyl (C=O) groups is 1. The quantitative estimate of drug-likeness (QED) is 0.898. The number of halogens is 1. The first kappa shape index (κ1) is 14.9. The number of rotatable bonds is 2. The zero-order valence-electron chi connectivity index (χ0n) is 11.4. The van der Waals surface area contributed by atoms with Gasteiger partial charge in [0.25, 0.3) is 5.91 Å². The predicted octanol–water partition coefficient (Wildman–Crippen LogP) is 1.49. The topological polar surface area (TPSA) is 80.5 Å². The summed E-state index contributed by atoms with van der Waals surface area (Å²) in [5, 5.41) is 5.09. The summed E-state index contributed by atoms with van der Waals surface area (Å²) in [6, 6.07) is 2.93. The van der Waals surface area contributed by atoms with Crippen LogP contribution in [0.4, 0.5) is 4.39 Å². The van der Waals surface area contributed by atoms with E-state index in [9.17, 15) is 17.6 Å². The summed E-state index contributed by atoms with van der Waals surface area (Å²) >= 11 is 0. The summed E-state index contributed by atoms with van der Waals surface area (Å²) < 4.78 is 36.4. The smallest absolute Gasteiger partial charge is 0.255 e. The summed E-state index contributed by atoms with van der Waals surface area (Å²) in [6.45, 7) is 4.31. The van der Waals surface area contributed by atoms with Gasteiger partial charge < -0.3 is 4.90 Å². The second-order valence-corrected chi connectivity index (χ2v) is 7.09. The van der Waals surface area contributed by atoms with E-state index in [2.05, 4.69) is 0 Å². The van der Waals surface area contributed by atoms with Gasteiger partial charge in [0.2, 0.25) is 10.0 Å². The summed E-state index contributed by atoms with van der Waals surface area (Å²) in [6.07, 6.45) is 1.65. The van der Waals surface area contributed by atoms with Gasteiger partial charge in [-0.2, -0.15) is 0 Å². The van der Waals surface area contributed by atoms with E-state index >= 15 is 0 Å². The first-order valence-corrected chi connectivity index (χ1v) is 7.82. The van der Waals surface area contributed by atoms with Crippen molar-refractivity contribution < 1.29 is 17.6 Å². The molecule has 110 valence electrons. The minimum atomic E-state index is -4.08. The molecule has 1 heterocycles. The van der Waals surface area contributed by atoms with Crippen molar-refractivity contribution in [2.24, 2.45) is 5.14 Å². The summed E-state index contributed by atoms with van der Waals surface area (Å²) in [5.41, 5.74) is -0.582. The number of likely N-dealkylation sites (tertiary alicyclic amines) is 1. The van der Waals surface area contributed by atoms with Gasteiger partial charge in [0.15, 0.2) is 0 Å². The molecule has 2 N–H and O–H groups in total. The standard InChI is InChI=1S/C13H17FN2O3S/c1-13(2)6-3-7-16(13)12(17)10-8-9(14)4-5-11(10)20(15,18)19/h4-5,8H,3,6-7H2,1-2H3,(H2,15,18,19). The van der Waals surface area contributed by atoms with Crippen LogP contribution in [0.1, 0.15) is 37.0 Å². The number of hydrogen-bond acceptors (Lipinski definition) is 3. The third kappa shape index (κ3) is 2.69. The van der Waals surface area contributed by atoms with Crippen molar-refractivity contribution in [3.05, 3.63) is 29.6 Å². The Morgan fingerprint density at radius 3 is 2.55 bits per heavy atom. The van der Waals surface area contributed by atoms with E-state index in [1.54, 1.807) is 4.90 Å². The lowest BCUT2D eigenvalue weighted by Gasteiger charge is -2.32. The van der Waals surface area contributed by atoms with Gasteiger partial charge in [-0.15, -0.1) is 0 Å². The molecule has 0 radical (unpaired) electrons. The largest absolute Gasteiger partial charge is 0.333 e. The summed E-state index contributed by atoms with van der Waals surface area (Å²) in [7, 11) is -4.08. The minimum absolute atomic E-state index is 0.206. The van der Waals surface area contributed by atoms with Gasteiger partial charge in [0, 0.05) is 12.1 Å². The monoisotopic (exact) mass is 300 g/mol. The summed E-state index contributed by atoms with van der Waals surface area (Å²) in [5.74, 6) is -1.17. The van der Waals surface area contributed by atoms with E-state index in [4.69, 9.17) is 5.14 Å². The number of benzene rings is 1. The third-order valence-electron chi connectivity index (χ3n) is 3.62. The number of nitrogens with two attached hydrogens (primary N) is 1. The lowest BCUT2D eigenvalue weighted by Crippen LogP contribution is -2.43. The second-order valence-electron chi connectivity index (χ2n) is 5.56. The van der Waals surface area contributed by atoms with E-state index < -0.39 is 21.7 Å². The van der Waals surface area contributed by atoms with Crippen LogP contribution in [0.3, 0.4) is 0 Å². The van der Waals surface area contributed by atoms with Crippen LogP contribution in [0, 0.1) is 5.82 Å². The molecule has 1 aliphatic rings. The molecule has 0 unspecified atom stereocenters. The van der Waals surface area contributed by atoms with E-state index in [1.165, 1.54) is 0 Å². The SMILES string of the molecule is CC1(C)CCCN1C(=O)c1cc(F)ccc1S(N)(=O)=O. The van der Waals surface area contributed by atoms with Crippen molar-refractivity contribution in [1.29, 1.82) is 0 Å². The number of hydrogen-bond donors (Lipinski definition) is 1. The van der Waals surface area contributed by atoms with Gasteiger partial charge >= 0.3 is 0 Å². The Kier molecular flexibility index (Phi) is 3.60. The Balaban J connectivity index is 2.52. The van der Waals surface area contributed by atoms with E-state index in [1.807, 2.05) is 13.8 Å². The molecule has 0 atom stereocenters. The fourth-order valence-electron chi connectivity index (χ4n) is 2.55. The van der Waals surface area contributed by atoms with Gasteiger partial charge in [0.05, 0.1) is 10.5 Å². The second kappa shape index (κ2) is 4.82. The van der Waals surface area contributed by atoms with Crippen molar-refractivity contribution in [3.8, 4) is 0 Å². The molecule has 1 aromatic rings. The first-order valence-electron chi connectivity index (χ1n) is 6.27. The van der Waals surface area contributed by atoms with Gasteiger partial charge in [-0.3, -0.25) is 4.79 Å². The highest BCUT2D eigenvalue weighted by Crippen LogP contribution is 2.31. The lowest BCUT2D eigenvalue weighted by atomic mass is 10.0. The molecule has 0 spiro atoms. The molecule has 1 aliphatic heterocycles. The summed E-state index contributed by atoms with van der Waals surface area (Å²) in [4.78, 5) is 13.7. The highest BCUT2D eigenvalue weighted by molar-refractivity contribution is 7.89. The van der Waals surface area contributed by atoms with Crippen LogP contribution in [0.5, 0.6) is 0 Å². The number of primary sulfonamides is 1. The van der Waals surface area contributed by atoms with Crippen molar-refractivity contribution in [2.75, 3.05) is 6.54 Å². The minimum Gasteiger partial charge on any atom is -0.333 e. The van der Waals surface area contributed by atoms with Crippen LogP contribution in [0.2, 0.25) is 0 Å². The van der Waals surface area contributed by atoms with Crippen LogP contribution in [-0.4, -0.2) is 31.3 Å². The Morgan fingerprint density at radius 1 is 1.40 bits per heavy atom. The number of nitrogens with zero attached hydrogens (tertiary/aromatic N) is 1. The van der Waals surface area contributed by atoms with E-state index in [0.717, 1.165) is 31.0 Å². The van der Waals surface area contributed by atoms with Crippen LogP contribution in [0.15, 0.2) is 23.1 Å². The molecule has 5 nitrogen and oxygen atoms in total. The molecule has 20 heavy (non-hydrogen) atoms. The van der Waals surface area contributed by atoms with Gasteiger partial charge in [-0.1, -0.05) is 0 Å². The van der Waals surface area contributed by atoms with Crippen molar-refractivity contribution >= 4 is 15.9 Å². The van der Waals surface area contributed by atoms with Gasteiger partial charge in [-0.25, -0.2) is 17.9 Å². The lowest BCUT2D eigenvalue weighted by molar-refractivity contribution is 0.0647. The van der Waals surface area contributed by atoms with Crippen molar-refractivity contribution in [2.45, 2.75) is 37.1 Å². The van der Waals surface area contributed by atoms with Crippen molar-refractivity contribution in [1.82, 2.24) is 4.90 Å². The number of amides is 1. The molecule has 1 aromatic carbocycles. The average Bonchev–Trinajstić information content (AvgIpc) is 2.66. The van der Waals surface area contributed by atoms with Crippen LogP contribution in [-0.2, 0) is 10.0 Å². The average molecular weight is 300 g/mol. The van der Waals surface area contributed by atoms with E-state index in [0.29, 0.717) is 6.54 Å². The number of sulfonamides is 1. The fraction of sp³-hybridized carbons (Fsp3) is 0.462. The molecule has 1 fully saturated rings. The Hall–Kier alpha value is -1.47. The molecule has 2 rings (SSSR count). The normalized spacial score (nSPS) is 18.3. The maximum Gasteiger partial charge on any atom is 0.255 e. The Bertz CT molecular complexity index is 656. The van der Waals surface area contributed by atoms with Crippen LogP contribution >= 0.6 is 0 Å². The Morgan fingerprint density at radius 2 is 2.05 bits per heavy atom. The predicted molar refractivity (Wildman–Crippen MR) is 72.1 cm³/mol. The van der Waals surface area contributed by atoms with Crippen LogP contribution < -0.4 is 5.14 Å². The number of carbonyl (C=O) groups excluding carboxylic acids is 1. The molecule has 7 heteroatoms. The molecule has 0 bridgehead atoms. The van der Waals surface area contributed by atoms with Gasteiger partial charge in [0.1, 0.15) is 5.82 Å². The molecular weight excluding hydrogens is 283 g/mol. The zero-order chi connectivity index (χ0) is 15.1. The zero-order valence-corrected chi connectivity index (χ0v) is 12.2. The molecule has 0 saturated carbocycles. The maximum atomic E-state index is 13.4. The maximum absolute atomic E-state index is 13.4. The molecule has 1 saturated heterocycles. The highest BCUT2D eigenvalue weighted by atomic mass is 32.2. The third-order valence-corrected chi connectivity index (χ3v) is 4.59. The highest BCUT2D eigenvalue weighted by Gasteiger charge is 2.37. The van der Waals surface area contributed by atoms with Crippen molar-refractivity contribution in [3.63, 3.8) is 0 Å². The van der Waals surface area contributed by atoms with Gasteiger partial charge in [-0.05, 0) is 44.9 Å². The van der Waals surface area contributed by atoms with Crippen LogP contribution in [0.25, 0.3) is 0 Å². The molecule has 0 aliphatic carbocycles. The fourth-order valence-corrected chi connectivity index (χ4v) is 3.26. The van der Waals surface area contributed by atoms with E-state index in [-0.39, 0.29) is 16.0 Å². The first-order chi connectivity index (χ1) is 9.13. The molecule has 0 aromatic heterocycles. The molecule has 1 amide bonds. The Labute approximate surface area is 117 Å².